The van der Waals surface area contributed by atoms with E-state index in [1.807, 2.05) is 0 Å². The van der Waals surface area contributed by atoms with Gasteiger partial charge in [-0.05, 0) is 31.2 Å². The number of carbonyl (C=O) groups excluding carboxylic acids is 1. The minimum Gasteiger partial charge on any atom is -0.337 e. The van der Waals surface area contributed by atoms with Crippen LogP contribution in [0.15, 0.2) is 29.2 Å². The first kappa shape index (κ1) is 17.9. The molecule has 1 N–H and O–H groups in total. The van der Waals surface area contributed by atoms with Crippen LogP contribution in [0.2, 0.25) is 0 Å². The predicted molar refractivity (Wildman–Crippen MR) is 89.9 cm³/mol. The molecule has 1 amide bonds. The molecular formula is C16H25N3O3S. The van der Waals surface area contributed by atoms with E-state index < -0.39 is 10.0 Å². The van der Waals surface area contributed by atoms with Crippen molar-refractivity contribution in [2.24, 2.45) is 0 Å². The molecule has 1 fully saturated rings. The lowest BCUT2D eigenvalue weighted by Gasteiger charge is -2.24. The third-order valence-electron chi connectivity index (χ3n) is 4.33. The Bertz CT molecular complexity index is 650. The summed E-state index contributed by atoms with van der Waals surface area (Å²) in [5, 5.41) is 3.23. The van der Waals surface area contributed by atoms with Crippen LogP contribution in [-0.2, 0) is 10.0 Å². The molecule has 2 rings (SSSR count). The normalized spacial score (nSPS) is 18.3. The van der Waals surface area contributed by atoms with E-state index in [0.29, 0.717) is 18.7 Å². The first-order chi connectivity index (χ1) is 10.9. The Morgan fingerprint density at radius 2 is 2.00 bits per heavy atom. The van der Waals surface area contributed by atoms with E-state index in [2.05, 4.69) is 5.32 Å². The van der Waals surface area contributed by atoms with Crippen LogP contribution in [0, 0.1) is 0 Å². The number of sulfonamides is 1. The molecule has 1 saturated heterocycles. The second-order valence-corrected chi connectivity index (χ2v) is 7.62. The molecule has 0 spiro atoms. The smallest absolute Gasteiger partial charge is 0.253 e. The molecule has 6 nitrogen and oxygen atoms in total. The average Bonchev–Trinajstić information content (AvgIpc) is 3.09. The molecular weight excluding hydrogens is 314 g/mol. The van der Waals surface area contributed by atoms with E-state index in [9.17, 15) is 13.2 Å². The first-order valence-corrected chi connectivity index (χ1v) is 9.43. The first-order valence-electron chi connectivity index (χ1n) is 7.99. The number of hydrogen-bond donors (Lipinski definition) is 1. The lowest BCUT2D eigenvalue weighted by molar-refractivity contribution is 0.0743. The topological polar surface area (TPSA) is 69.7 Å². The number of carbonyl (C=O) groups is 1. The molecule has 128 valence electrons. The van der Waals surface area contributed by atoms with Crippen LogP contribution in [-0.4, -0.2) is 62.8 Å². The van der Waals surface area contributed by atoms with Gasteiger partial charge < -0.3 is 10.2 Å². The van der Waals surface area contributed by atoms with Crippen molar-refractivity contribution >= 4 is 15.9 Å². The summed E-state index contributed by atoms with van der Waals surface area (Å²) in [4.78, 5) is 14.5. The number of nitrogens with zero attached hydrogens (tertiary/aromatic N) is 2. The van der Waals surface area contributed by atoms with E-state index >= 15 is 0 Å². The van der Waals surface area contributed by atoms with Crippen LogP contribution in [0.1, 0.15) is 30.6 Å². The summed E-state index contributed by atoms with van der Waals surface area (Å²) in [7, 11) is -1.78. The van der Waals surface area contributed by atoms with Gasteiger partial charge in [0.25, 0.3) is 5.91 Å². The minimum absolute atomic E-state index is 0.143. The standard InChI is InChI=1S/C16H25N3O3S/c1-4-19(5-2)23(21,22)15-8-6-7-13(11-15)16(20)18(3)14-9-10-17-12-14/h6-8,11,14,17H,4-5,9-10,12H2,1-3H3. The highest BCUT2D eigenvalue weighted by atomic mass is 32.2. The van der Waals surface area contributed by atoms with Crippen molar-refractivity contribution in [2.45, 2.75) is 31.2 Å². The molecule has 1 aromatic carbocycles. The summed E-state index contributed by atoms with van der Waals surface area (Å²) >= 11 is 0. The van der Waals surface area contributed by atoms with Crippen molar-refractivity contribution in [3.05, 3.63) is 29.8 Å². The highest BCUT2D eigenvalue weighted by molar-refractivity contribution is 7.89. The summed E-state index contributed by atoms with van der Waals surface area (Å²) in [6.07, 6.45) is 0.916. The van der Waals surface area contributed by atoms with Gasteiger partial charge >= 0.3 is 0 Å². The van der Waals surface area contributed by atoms with Crippen LogP contribution >= 0.6 is 0 Å². The van der Waals surface area contributed by atoms with Gasteiger partial charge in [-0.25, -0.2) is 8.42 Å². The maximum atomic E-state index is 12.6. The fraction of sp³-hybridized carbons (Fsp3) is 0.562. The molecule has 1 unspecified atom stereocenters. The number of nitrogens with one attached hydrogen (secondary N) is 1. The molecule has 0 aromatic heterocycles. The molecule has 23 heavy (non-hydrogen) atoms. The number of amides is 1. The molecule has 1 aromatic rings. The summed E-state index contributed by atoms with van der Waals surface area (Å²) in [5.74, 6) is -0.143. The van der Waals surface area contributed by atoms with Gasteiger partial charge in [0.1, 0.15) is 0 Å². The zero-order chi connectivity index (χ0) is 17.0. The van der Waals surface area contributed by atoms with E-state index in [4.69, 9.17) is 0 Å². The molecule has 7 heteroatoms. The maximum Gasteiger partial charge on any atom is 0.253 e. The van der Waals surface area contributed by atoms with Crippen molar-refractivity contribution in [3.63, 3.8) is 0 Å². The summed E-state index contributed by atoms with van der Waals surface area (Å²) in [6, 6.07) is 6.48. The molecule has 0 radical (unpaired) electrons. The van der Waals surface area contributed by atoms with Crippen molar-refractivity contribution < 1.29 is 13.2 Å². The summed E-state index contributed by atoms with van der Waals surface area (Å²) < 4.78 is 26.6. The third-order valence-corrected chi connectivity index (χ3v) is 6.37. The van der Waals surface area contributed by atoms with Crippen LogP contribution < -0.4 is 5.32 Å². The van der Waals surface area contributed by atoms with Gasteiger partial charge in [0.15, 0.2) is 0 Å². The van der Waals surface area contributed by atoms with Crippen molar-refractivity contribution in [3.8, 4) is 0 Å². The fourth-order valence-corrected chi connectivity index (χ4v) is 4.35. The van der Waals surface area contributed by atoms with Crippen LogP contribution in [0.3, 0.4) is 0 Å². The van der Waals surface area contributed by atoms with E-state index in [1.165, 1.54) is 10.4 Å². The molecule has 1 aliphatic rings. The van der Waals surface area contributed by atoms with Crippen molar-refractivity contribution in [2.75, 3.05) is 33.2 Å². The van der Waals surface area contributed by atoms with Gasteiger partial charge in [-0.2, -0.15) is 4.31 Å². The molecule has 1 heterocycles. The Morgan fingerprint density at radius 3 is 2.57 bits per heavy atom. The SMILES string of the molecule is CCN(CC)S(=O)(=O)c1cccc(C(=O)N(C)C2CCNC2)c1. The van der Waals surface area contributed by atoms with E-state index in [1.54, 1.807) is 44.0 Å². The monoisotopic (exact) mass is 339 g/mol. The summed E-state index contributed by atoms with van der Waals surface area (Å²) in [6.45, 7) is 6.10. The van der Waals surface area contributed by atoms with Gasteiger partial charge in [0, 0.05) is 38.3 Å². The Hall–Kier alpha value is -1.44. The van der Waals surface area contributed by atoms with Gasteiger partial charge in [-0.15, -0.1) is 0 Å². The van der Waals surface area contributed by atoms with Crippen molar-refractivity contribution in [1.29, 1.82) is 0 Å². The highest BCUT2D eigenvalue weighted by Crippen LogP contribution is 2.19. The van der Waals surface area contributed by atoms with Crippen molar-refractivity contribution in [1.82, 2.24) is 14.5 Å². The fourth-order valence-electron chi connectivity index (χ4n) is 2.84. The zero-order valence-corrected chi connectivity index (χ0v) is 14.8. The number of benzene rings is 1. The van der Waals surface area contributed by atoms with Crippen LogP contribution in [0.4, 0.5) is 0 Å². The molecule has 1 atom stereocenters. The van der Waals surface area contributed by atoms with Gasteiger partial charge in [0.05, 0.1) is 4.90 Å². The second-order valence-electron chi connectivity index (χ2n) is 5.68. The van der Waals surface area contributed by atoms with Gasteiger partial charge in [0.2, 0.25) is 10.0 Å². The Balaban J connectivity index is 2.27. The molecule has 0 saturated carbocycles. The largest absolute Gasteiger partial charge is 0.337 e. The maximum absolute atomic E-state index is 12.6. The Kier molecular flexibility index (Phi) is 5.78. The zero-order valence-electron chi connectivity index (χ0n) is 13.9. The summed E-state index contributed by atoms with van der Waals surface area (Å²) in [5.41, 5.74) is 0.410. The second kappa shape index (κ2) is 7.42. The minimum atomic E-state index is -3.55. The predicted octanol–water partition coefficient (Wildman–Crippen LogP) is 1.15. The Morgan fingerprint density at radius 1 is 1.30 bits per heavy atom. The van der Waals surface area contributed by atoms with Crippen LogP contribution in [0.5, 0.6) is 0 Å². The van der Waals surface area contributed by atoms with Crippen LogP contribution in [0.25, 0.3) is 0 Å². The number of hydrogen-bond acceptors (Lipinski definition) is 4. The third kappa shape index (κ3) is 3.73. The van der Waals surface area contributed by atoms with Gasteiger partial charge in [-0.3, -0.25) is 4.79 Å². The molecule has 0 bridgehead atoms. The Labute approximate surface area is 138 Å². The molecule has 1 aliphatic heterocycles. The van der Waals surface area contributed by atoms with Gasteiger partial charge in [-0.1, -0.05) is 19.9 Å². The van der Waals surface area contributed by atoms with E-state index in [-0.39, 0.29) is 16.8 Å². The molecule has 0 aliphatic carbocycles. The lowest BCUT2D eigenvalue weighted by atomic mass is 10.1. The lowest BCUT2D eigenvalue weighted by Crippen LogP contribution is -2.38. The highest BCUT2D eigenvalue weighted by Gasteiger charge is 2.26. The number of rotatable bonds is 6. The number of likely N-dealkylation sites (N-methyl/N-ethyl adjacent to an activating group) is 1. The average molecular weight is 339 g/mol. The quantitative estimate of drug-likeness (QED) is 0.844. The van der Waals surface area contributed by atoms with E-state index in [0.717, 1.165) is 19.5 Å².